The Morgan fingerprint density at radius 2 is 1.21 bits per heavy atom. The summed E-state index contributed by atoms with van der Waals surface area (Å²) in [7, 11) is 6.77. The van der Waals surface area contributed by atoms with Crippen molar-refractivity contribution in [2.24, 2.45) is 0 Å². The highest BCUT2D eigenvalue weighted by molar-refractivity contribution is 6.13. The molecule has 29 heavy (non-hydrogen) atoms. The van der Waals surface area contributed by atoms with Gasteiger partial charge in [0.15, 0.2) is 23.0 Å². The van der Waals surface area contributed by atoms with Crippen molar-refractivity contribution >= 4 is 21.5 Å². The Balaban J connectivity index is 1.92. The normalized spacial score (nSPS) is 18.6. The predicted octanol–water partition coefficient (Wildman–Crippen LogP) is 5.07. The molecule has 2 aliphatic heterocycles. The molecule has 0 aliphatic carbocycles. The molecule has 0 bridgehead atoms. The highest BCUT2D eigenvalue weighted by Gasteiger charge is 2.35. The van der Waals surface area contributed by atoms with E-state index in [-0.39, 0.29) is 0 Å². The van der Waals surface area contributed by atoms with E-state index in [2.05, 4.69) is 29.2 Å². The molecule has 0 saturated carbocycles. The Morgan fingerprint density at radius 3 is 1.79 bits per heavy atom. The fourth-order valence-electron chi connectivity index (χ4n) is 5.25. The van der Waals surface area contributed by atoms with Gasteiger partial charge in [-0.25, -0.2) is 0 Å². The molecule has 0 aromatic heterocycles. The van der Waals surface area contributed by atoms with Crippen LogP contribution < -0.4 is 18.9 Å². The van der Waals surface area contributed by atoms with E-state index in [0.717, 1.165) is 41.5 Å². The lowest BCUT2D eigenvalue weighted by Crippen LogP contribution is -2.27. The van der Waals surface area contributed by atoms with Gasteiger partial charge in [0.1, 0.15) is 0 Å². The number of hydrogen-bond donors (Lipinski definition) is 0. The molecule has 2 heterocycles. The smallest absolute Gasteiger partial charge is 0.161 e. The molecular weight excluding hydrogens is 366 g/mol. The summed E-state index contributed by atoms with van der Waals surface area (Å²) >= 11 is 0. The third-order valence-electron chi connectivity index (χ3n) is 6.59. The number of fused-ring (bicyclic) bond motifs is 8. The van der Waals surface area contributed by atoms with Gasteiger partial charge in [0.2, 0.25) is 0 Å². The Hall–Kier alpha value is -2.66. The predicted molar refractivity (Wildman–Crippen MR) is 115 cm³/mol. The lowest BCUT2D eigenvalue weighted by atomic mass is 9.88. The maximum Gasteiger partial charge on any atom is 0.161 e. The van der Waals surface area contributed by atoms with Crippen LogP contribution in [0.5, 0.6) is 23.0 Å². The summed E-state index contributed by atoms with van der Waals surface area (Å²) in [6, 6.07) is 8.97. The quantitative estimate of drug-likeness (QED) is 0.579. The molecule has 0 amide bonds. The number of piperidine rings is 1. The summed E-state index contributed by atoms with van der Waals surface area (Å²) in [6.07, 6.45) is 3.75. The van der Waals surface area contributed by atoms with E-state index < -0.39 is 0 Å². The fourth-order valence-corrected chi connectivity index (χ4v) is 5.25. The van der Waals surface area contributed by atoms with Gasteiger partial charge < -0.3 is 18.9 Å². The van der Waals surface area contributed by atoms with Gasteiger partial charge in [0.05, 0.1) is 28.4 Å². The molecule has 0 spiro atoms. The molecule has 3 aromatic carbocycles. The average Bonchev–Trinajstić information content (AvgIpc) is 3.17. The summed E-state index contributed by atoms with van der Waals surface area (Å²) in [6.45, 7) is 2.14. The van der Waals surface area contributed by atoms with Gasteiger partial charge in [-0.15, -0.1) is 0 Å². The van der Waals surface area contributed by atoms with E-state index in [1.807, 2.05) is 0 Å². The monoisotopic (exact) mass is 393 g/mol. The summed E-state index contributed by atoms with van der Waals surface area (Å²) in [5.74, 6) is 3.03. The number of hydrogen-bond acceptors (Lipinski definition) is 5. The van der Waals surface area contributed by atoms with Crippen LogP contribution in [0.4, 0.5) is 0 Å². The van der Waals surface area contributed by atoms with Gasteiger partial charge in [0, 0.05) is 12.6 Å². The molecule has 1 atom stereocenters. The van der Waals surface area contributed by atoms with Gasteiger partial charge in [0.25, 0.3) is 0 Å². The van der Waals surface area contributed by atoms with E-state index in [1.54, 1.807) is 28.4 Å². The maximum atomic E-state index is 5.65. The second kappa shape index (κ2) is 6.99. The van der Waals surface area contributed by atoms with Crippen molar-refractivity contribution in [1.82, 2.24) is 4.90 Å². The Morgan fingerprint density at radius 1 is 0.690 bits per heavy atom. The Bertz CT molecular complexity index is 1110. The molecule has 152 valence electrons. The van der Waals surface area contributed by atoms with E-state index in [1.165, 1.54) is 46.5 Å². The Labute approximate surface area is 171 Å². The first-order valence-electron chi connectivity index (χ1n) is 10.2. The number of nitrogens with zero attached hydrogens (tertiary/aromatic N) is 1. The molecule has 1 fully saturated rings. The molecule has 2 aliphatic rings. The minimum atomic E-state index is 0.469. The Kier molecular flexibility index (Phi) is 4.43. The van der Waals surface area contributed by atoms with Gasteiger partial charge >= 0.3 is 0 Å². The van der Waals surface area contributed by atoms with Crippen molar-refractivity contribution in [2.45, 2.75) is 31.8 Å². The lowest BCUT2D eigenvalue weighted by Gasteiger charge is -2.30. The maximum absolute atomic E-state index is 5.65. The first-order valence-corrected chi connectivity index (χ1v) is 10.2. The third-order valence-corrected chi connectivity index (χ3v) is 6.59. The topological polar surface area (TPSA) is 40.2 Å². The minimum absolute atomic E-state index is 0.469. The van der Waals surface area contributed by atoms with E-state index >= 15 is 0 Å². The van der Waals surface area contributed by atoms with E-state index in [4.69, 9.17) is 18.9 Å². The highest BCUT2D eigenvalue weighted by Crippen LogP contribution is 2.50. The molecule has 1 saturated heterocycles. The van der Waals surface area contributed by atoms with Crippen LogP contribution in [0.2, 0.25) is 0 Å². The van der Waals surface area contributed by atoms with Crippen LogP contribution in [-0.4, -0.2) is 39.9 Å². The standard InChI is InChI=1S/C24H27NO4/c1-26-20-9-14-15-10-21(27-2)23(29-4)12-17(15)24-18(16(14)11-22(20)28-3)13-25-8-6-5-7-19(24)25/h9-12,19H,5-8,13H2,1-4H3. The molecule has 0 radical (unpaired) electrons. The van der Waals surface area contributed by atoms with Crippen LogP contribution in [-0.2, 0) is 6.54 Å². The lowest BCUT2D eigenvalue weighted by molar-refractivity contribution is 0.165. The molecule has 0 N–H and O–H groups in total. The second-order valence-electron chi connectivity index (χ2n) is 7.88. The largest absolute Gasteiger partial charge is 0.493 e. The first kappa shape index (κ1) is 18.4. The van der Waals surface area contributed by atoms with Crippen molar-refractivity contribution in [3.05, 3.63) is 35.4 Å². The number of rotatable bonds is 4. The molecule has 5 nitrogen and oxygen atoms in total. The van der Waals surface area contributed by atoms with Crippen molar-refractivity contribution in [2.75, 3.05) is 35.0 Å². The fraction of sp³-hybridized carbons (Fsp3) is 0.417. The third kappa shape index (κ3) is 2.64. The summed E-state index contributed by atoms with van der Waals surface area (Å²) in [5.41, 5.74) is 2.85. The van der Waals surface area contributed by atoms with Crippen LogP contribution in [0.15, 0.2) is 24.3 Å². The van der Waals surface area contributed by atoms with Crippen LogP contribution in [0.25, 0.3) is 21.5 Å². The number of ether oxygens (including phenoxy) is 4. The van der Waals surface area contributed by atoms with Gasteiger partial charge in [-0.2, -0.15) is 0 Å². The first-order chi connectivity index (χ1) is 14.2. The molecular formula is C24H27NO4. The SMILES string of the molecule is COc1cc2c3c(c4cc(OC)c(OC)cc4c2cc1OC)C1CCCCN1C3. The zero-order valence-corrected chi connectivity index (χ0v) is 17.5. The number of methoxy groups -OCH3 is 4. The highest BCUT2D eigenvalue weighted by atomic mass is 16.5. The van der Waals surface area contributed by atoms with E-state index in [0.29, 0.717) is 6.04 Å². The summed E-state index contributed by atoms with van der Waals surface area (Å²) in [5, 5.41) is 4.83. The van der Waals surface area contributed by atoms with Gasteiger partial charge in [-0.3, -0.25) is 4.90 Å². The molecule has 5 heteroatoms. The zero-order valence-electron chi connectivity index (χ0n) is 17.5. The van der Waals surface area contributed by atoms with Crippen molar-refractivity contribution in [3.8, 4) is 23.0 Å². The van der Waals surface area contributed by atoms with Crippen molar-refractivity contribution < 1.29 is 18.9 Å². The average molecular weight is 393 g/mol. The van der Waals surface area contributed by atoms with Crippen LogP contribution in [0.1, 0.15) is 36.4 Å². The van der Waals surface area contributed by atoms with Gasteiger partial charge in [-0.05, 0) is 76.3 Å². The van der Waals surface area contributed by atoms with Crippen LogP contribution in [0, 0.1) is 0 Å². The van der Waals surface area contributed by atoms with Gasteiger partial charge in [-0.1, -0.05) is 6.42 Å². The minimum Gasteiger partial charge on any atom is -0.493 e. The molecule has 3 aromatic rings. The number of benzene rings is 3. The van der Waals surface area contributed by atoms with Crippen LogP contribution >= 0.6 is 0 Å². The molecule has 5 rings (SSSR count). The summed E-state index contributed by atoms with van der Waals surface area (Å²) < 4.78 is 22.5. The van der Waals surface area contributed by atoms with Crippen molar-refractivity contribution in [1.29, 1.82) is 0 Å². The molecule has 1 unspecified atom stereocenters. The van der Waals surface area contributed by atoms with Crippen LogP contribution in [0.3, 0.4) is 0 Å². The second-order valence-corrected chi connectivity index (χ2v) is 7.88. The zero-order chi connectivity index (χ0) is 20.1. The summed E-state index contributed by atoms with van der Waals surface area (Å²) in [4.78, 5) is 2.63. The van der Waals surface area contributed by atoms with E-state index in [9.17, 15) is 0 Å². The van der Waals surface area contributed by atoms with Crippen molar-refractivity contribution in [3.63, 3.8) is 0 Å².